The molecule has 0 saturated heterocycles. The number of ether oxygens (including phenoxy) is 2. The summed E-state index contributed by atoms with van der Waals surface area (Å²) in [6.07, 6.45) is -0.199. The van der Waals surface area contributed by atoms with Crippen molar-refractivity contribution >= 4 is 11.6 Å². The van der Waals surface area contributed by atoms with Gasteiger partial charge in [-0.15, -0.1) is 13.2 Å². The molecule has 0 amide bonds. The third-order valence-electron chi connectivity index (χ3n) is 3.12. The predicted molar refractivity (Wildman–Crippen MR) is 72.1 cm³/mol. The summed E-state index contributed by atoms with van der Waals surface area (Å²) in [5, 5.41) is 12.0. The minimum atomic E-state index is -4.94. The van der Waals surface area contributed by atoms with Gasteiger partial charge in [0.25, 0.3) is 0 Å². The molecule has 1 aliphatic rings. The molecule has 1 rings (SSSR count). The molecular formula is C13H17ClF3NO3. The van der Waals surface area contributed by atoms with Crippen LogP contribution in [0.3, 0.4) is 0 Å². The average Bonchev–Trinajstić information content (AvgIpc) is 2.35. The molecule has 0 aromatic rings. The Morgan fingerprint density at radius 1 is 1.52 bits per heavy atom. The molecule has 8 heteroatoms. The van der Waals surface area contributed by atoms with Crippen molar-refractivity contribution in [2.75, 3.05) is 13.7 Å². The van der Waals surface area contributed by atoms with E-state index in [1.54, 1.807) is 12.2 Å². The quantitative estimate of drug-likeness (QED) is 0.602. The smallest absolute Gasteiger partial charge is 0.525 e. The van der Waals surface area contributed by atoms with E-state index in [1.807, 2.05) is 0 Å². The zero-order chi connectivity index (χ0) is 16.3. The summed E-state index contributed by atoms with van der Waals surface area (Å²) >= 11 is 5.83. The number of hydrogen-bond acceptors (Lipinski definition) is 3. The van der Waals surface area contributed by atoms with Crippen LogP contribution in [0.2, 0.25) is 0 Å². The number of quaternary nitrogens is 1. The Bertz CT molecular complexity index is 462. The SMILES string of the molecule is C=C([NH+]([O-])CC1=CC(Cl)=CCC1)C(C)(OC)OC(F)(F)F. The van der Waals surface area contributed by atoms with Crippen molar-refractivity contribution in [3.8, 4) is 0 Å². The van der Waals surface area contributed by atoms with Gasteiger partial charge in [-0.05, 0) is 31.1 Å². The van der Waals surface area contributed by atoms with E-state index >= 15 is 0 Å². The van der Waals surface area contributed by atoms with E-state index in [1.165, 1.54) is 0 Å². The zero-order valence-corrected chi connectivity index (χ0v) is 12.5. The molecule has 0 aliphatic heterocycles. The van der Waals surface area contributed by atoms with Gasteiger partial charge in [-0.2, -0.15) is 0 Å². The fourth-order valence-electron chi connectivity index (χ4n) is 1.87. The molecule has 2 atom stereocenters. The zero-order valence-electron chi connectivity index (χ0n) is 11.7. The summed E-state index contributed by atoms with van der Waals surface area (Å²) in [4.78, 5) is 0. The summed E-state index contributed by atoms with van der Waals surface area (Å²) in [5.74, 6) is -2.25. The number of hydrogen-bond donors (Lipinski definition) is 1. The van der Waals surface area contributed by atoms with Crippen LogP contribution in [-0.2, 0) is 9.47 Å². The fraction of sp³-hybridized carbons (Fsp3) is 0.538. The van der Waals surface area contributed by atoms with Crippen molar-refractivity contribution in [2.45, 2.75) is 31.9 Å². The van der Waals surface area contributed by atoms with Crippen LogP contribution < -0.4 is 5.06 Å². The van der Waals surface area contributed by atoms with Gasteiger partial charge in [-0.1, -0.05) is 17.7 Å². The van der Waals surface area contributed by atoms with Crippen molar-refractivity contribution in [3.63, 3.8) is 0 Å². The largest absolute Gasteiger partial charge is 0.629 e. The number of hydroxylamine groups is 2. The third kappa shape index (κ3) is 5.44. The summed E-state index contributed by atoms with van der Waals surface area (Å²) in [5.41, 5.74) is 0.341. The minimum Gasteiger partial charge on any atom is -0.629 e. The minimum absolute atomic E-state index is 0.0664. The lowest BCUT2D eigenvalue weighted by Gasteiger charge is -2.35. The highest BCUT2D eigenvalue weighted by molar-refractivity contribution is 6.31. The van der Waals surface area contributed by atoms with Gasteiger partial charge in [0.2, 0.25) is 5.79 Å². The van der Waals surface area contributed by atoms with Crippen LogP contribution in [0.5, 0.6) is 0 Å². The van der Waals surface area contributed by atoms with Crippen molar-refractivity contribution in [1.82, 2.24) is 0 Å². The van der Waals surface area contributed by atoms with Crippen molar-refractivity contribution < 1.29 is 27.7 Å². The average molecular weight is 328 g/mol. The molecule has 0 heterocycles. The Balaban J connectivity index is 2.78. The second-order valence-electron chi connectivity index (χ2n) is 4.71. The van der Waals surface area contributed by atoms with Crippen molar-refractivity contribution in [3.05, 3.63) is 40.2 Å². The number of allylic oxidation sites excluding steroid dienone is 3. The Morgan fingerprint density at radius 3 is 2.62 bits per heavy atom. The van der Waals surface area contributed by atoms with E-state index < -0.39 is 22.9 Å². The second-order valence-corrected chi connectivity index (χ2v) is 5.14. The molecular weight excluding hydrogens is 311 g/mol. The molecule has 0 saturated carbocycles. The van der Waals surface area contributed by atoms with E-state index in [0.29, 0.717) is 17.9 Å². The number of nitrogens with one attached hydrogen (secondary N) is 1. The van der Waals surface area contributed by atoms with E-state index in [-0.39, 0.29) is 6.54 Å². The van der Waals surface area contributed by atoms with Crippen molar-refractivity contribution in [1.29, 1.82) is 0 Å². The highest BCUT2D eigenvalue weighted by Crippen LogP contribution is 2.28. The first-order valence-corrected chi connectivity index (χ1v) is 6.55. The van der Waals surface area contributed by atoms with Gasteiger partial charge in [-0.25, -0.2) is 4.74 Å². The van der Waals surface area contributed by atoms with Gasteiger partial charge < -0.3 is 15.0 Å². The van der Waals surface area contributed by atoms with Gasteiger partial charge in [0.1, 0.15) is 6.54 Å². The maximum Gasteiger partial charge on any atom is 0.525 e. The molecule has 1 N–H and O–H groups in total. The Kier molecular flexibility index (Phi) is 6.01. The second kappa shape index (κ2) is 6.93. The Morgan fingerprint density at radius 2 is 2.14 bits per heavy atom. The topological polar surface area (TPSA) is 46.0 Å². The maximum atomic E-state index is 12.4. The molecule has 0 aromatic heterocycles. The lowest BCUT2D eigenvalue weighted by atomic mass is 10.0. The highest BCUT2D eigenvalue weighted by Gasteiger charge is 2.45. The summed E-state index contributed by atoms with van der Waals surface area (Å²) < 4.78 is 45.7. The van der Waals surface area contributed by atoms with E-state index in [2.05, 4.69) is 16.1 Å². The van der Waals surface area contributed by atoms with Gasteiger partial charge in [0, 0.05) is 19.1 Å². The first-order chi connectivity index (χ1) is 9.57. The summed E-state index contributed by atoms with van der Waals surface area (Å²) in [6.45, 7) is 4.33. The lowest BCUT2D eigenvalue weighted by Crippen LogP contribution is -3.07. The van der Waals surface area contributed by atoms with E-state index in [9.17, 15) is 18.4 Å². The number of alkyl halides is 3. The van der Waals surface area contributed by atoms with Crippen LogP contribution in [0, 0.1) is 5.21 Å². The standard InChI is InChI=1S/C13H17ClF3NO3/c1-9(12(2,20-3)21-13(15,16)17)18(19)8-10-5-4-6-11(14)7-10/h6-7,18H,1,4-5,8H2,2-3H3. The van der Waals surface area contributed by atoms with Gasteiger partial charge in [-0.3, -0.25) is 0 Å². The van der Waals surface area contributed by atoms with Crippen LogP contribution in [0.15, 0.2) is 35.0 Å². The van der Waals surface area contributed by atoms with E-state index in [0.717, 1.165) is 19.6 Å². The fourth-order valence-corrected chi connectivity index (χ4v) is 2.14. The monoisotopic (exact) mass is 327 g/mol. The molecule has 0 fully saturated rings. The van der Waals surface area contributed by atoms with Gasteiger partial charge in [0.15, 0.2) is 5.70 Å². The third-order valence-corrected chi connectivity index (χ3v) is 3.38. The molecule has 0 spiro atoms. The molecule has 4 nitrogen and oxygen atoms in total. The summed E-state index contributed by atoms with van der Waals surface area (Å²) in [6, 6.07) is 0. The van der Waals surface area contributed by atoms with Gasteiger partial charge in [0.05, 0.1) is 0 Å². The van der Waals surface area contributed by atoms with Crippen molar-refractivity contribution in [2.24, 2.45) is 0 Å². The van der Waals surface area contributed by atoms with Crippen LogP contribution in [0.4, 0.5) is 13.2 Å². The maximum absolute atomic E-state index is 12.4. The van der Waals surface area contributed by atoms with Crippen LogP contribution in [-0.4, -0.2) is 25.8 Å². The molecule has 2 unspecified atom stereocenters. The Labute approximate surface area is 126 Å². The van der Waals surface area contributed by atoms with Crippen LogP contribution >= 0.6 is 11.6 Å². The van der Waals surface area contributed by atoms with Gasteiger partial charge >= 0.3 is 6.36 Å². The summed E-state index contributed by atoms with van der Waals surface area (Å²) in [7, 11) is 1.02. The highest BCUT2D eigenvalue weighted by atomic mass is 35.5. The number of methoxy groups -OCH3 is 1. The molecule has 0 bridgehead atoms. The normalized spacial score (nSPS) is 20.3. The first-order valence-electron chi connectivity index (χ1n) is 6.17. The lowest BCUT2D eigenvalue weighted by molar-refractivity contribution is -0.812. The first kappa shape index (κ1) is 18.2. The predicted octanol–water partition coefficient (Wildman–Crippen LogP) is 2.62. The molecule has 21 heavy (non-hydrogen) atoms. The molecule has 0 aromatic carbocycles. The number of halogens is 4. The molecule has 120 valence electrons. The molecule has 1 aliphatic carbocycles. The van der Waals surface area contributed by atoms with Crippen LogP contribution in [0.1, 0.15) is 19.8 Å². The van der Waals surface area contributed by atoms with Crippen LogP contribution in [0.25, 0.3) is 0 Å². The molecule has 0 radical (unpaired) electrons. The Hall–Kier alpha value is -0.860. The van der Waals surface area contributed by atoms with E-state index in [4.69, 9.17) is 11.6 Å². The number of rotatable bonds is 6.